The van der Waals surface area contributed by atoms with Crippen molar-refractivity contribution in [3.05, 3.63) is 66.1 Å². The first-order valence-electron chi connectivity index (χ1n) is 13.5. The van der Waals surface area contributed by atoms with Crippen LogP contribution in [0.15, 0.2) is 48.8 Å². The summed E-state index contributed by atoms with van der Waals surface area (Å²) < 4.78 is 48.8. The Morgan fingerprint density at radius 2 is 2.05 bits per heavy atom. The first-order valence-corrected chi connectivity index (χ1v) is 15.0. The van der Waals surface area contributed by atoms with Crippen LogP contribution in [0.25, 0.3) is 10.9 Å². The lowest BCUT2D eigenvalue weighted by Gasteiger charge is -2.24. The number of fused-ring (bicyclic) bond motifs is 1. The van der Waals surface area contributed by atoms with Crippen LogP contribution in [0.5, 0.6) is 5.75 Å². The average molecular weight is 618 g/mol. The third kappa shape index (κ3) is 8.30. The van der Waals surface area contributed by atoms with Crippen molar-refractivity contribution in [2.45, 2.75) is 31.7 Å². The summed E-state index contributed by atoms with van der Waals surface area (Å²) >= 11 is 0. The molecule has 0 spiro atoms. The van der Waals surface area contributed by atoms with Crippen LogP contribution in [0.1, 0.15) is 25.0 Å². The molecule has 1 saturated heterocycles. The zero-order chi connectivity index (χ0) is 30.4. The van der Waals surface area contributed by atoms with Crippen molar-refractivity contribution < 1.29 is 37.2 Å². The molecule has 5 rings (SSSR count). The Morgan fingerprint density at radius 3 is 2.88 bits per heavy atom. The van der Waals surface area contributed by atoms with E-state index in [0.717, 1.165) is 31.9 Å². The quantitative estimate of drug-likeness (QED) is 0.109. The van der Waals surface area contributed by atoms with Crippen LogP contribution < -0.4 is 15.4 Å². The lowest BCUT2D eigenvalue weighted by Crippen LogP contribution is -2.34. The van der Waals surface area contributed by atoms with Crippen molar-refractivity contribution in [3.8, 4) is 5.75 Å². The van der Waals surface area contributed by atoms with Crippen molar-refractivity contribution in [2.75, 3.05) is 36.9 Å². The van der Waals surface area contributed by atoms with Gasteiger partial charge in [-0.1, -0.05) is 6.07 Å². The lowest BCUT2D eigenvalue weighted by atomic mass is 10.2. The molecule has 1 aliphatic heterocycles. The molecule has 0 unspecified atom stereocenters. The summed E-state index contributed by atoms with van der Waals surface area (Å²) in [7, 11) is -4.48. The zero-order valence-corrected chi connectivity index (χ0v) is 23.8. The van der Waals surface area contributed by atoms with Gasteiger partial charge in [-0.3, -0.25) is 19.3 Å². The first-order chi connectivity index (χ1) is 20.6. The number of aromatic nitrogens is 4. The summed E-state index contributed by atoms with van der Waals surface area (Å²) in [5.74, 6) is -1.22. The van der Waals surface area contributed by atoms with Crippen molar-refractivity contribution in [2.24, 2.45) is 0 Å². The van der Waals surface area contributed by atoms with E-state index in [4.69, 9.17) is 14.5 Å². The van der Waals surface area contributed by atoms with Gasteiger partial charge >= 0.3 is 7.82 Å². The predicted molar refractivity (Wildman–Crippen MR) is 153 cm³/mol. The fraction of sp³-hybridized carbons (Fsp3) is 0.333. The topological polar surface area (TPSA) is 175 Å². The highest BCUT2D eigenvalue weighted by atomic mass is 31.2. The summed E-state index contributed by atoms with van der Waals surface area (Å²) in [6.45, 7) is 2.00. The summed E-state index contributed by atoms with van der Waals surface area (Å²) in [5, 5.41) is 13.0. The van der Waals surface area contributed by atoms with Crippen LogP contribution in [0.2, 0.25) is 0 Å². The van der Waals surface area contributed by atoms with E-state index in [0.29, 0.717) is 47.1 Å². The van der Waals surface area contributed by atoms with Crippen LogP contribution in [-0.2, 0) is 20.3 Å². The van der Waals surface area contributed by atoms with Crippen LogP contribution in [0, 0.1) is 11.6 Å². The SMILES string of the molecule is O=C(Cc1cc(Nc2ncnc3cc(OCCCN4CCC[C@@H]4COP(=O)(O)O)ccc23)n[nH]1)Nc1cccc(F)c1F. The number of carbonyl (C=O) groups excluding carboxylic acids is 1. The van der Waals surface area contributed by atoms with E-state index < -0.39 is 25.4 Å². The van der Waals surface area contributed by atoms with Crippen LogP contribution >= 0.6 is 7.82 Å². The molecule has 0 radical (unpaired) electrons. The zero-order valence-electron chi connectivity index (χ0n) is 22.9. The van der Waals surface area contributed by atoms with E-state index in [2.05, 4.69) is 40.2 Å². The number of phosphoric acid groups is 1. The van der Waals surface area contributed by atoms with E-state index in [1.54, 1.807) is 18.2 Å². The molecular weight excluding hydrogens is 587 g/mol. The van der Waals surface area contributed by atoms with Gasteiger partial charge in [-0.2, -0.15) is 5.10 Å². The molecule has 1 amide bonds. The van der Waals surface area contributed by atoms with Gasteiger partial charge in [0.05, 0.1) is 30.8 Å². The van der Waals surface area contributed by atoms with Crippen LogP contribution in [0.3, 0.4) is 0 Å². The molecule has 16 heteroatoms. The molecule has 0 aliphatic carbocycles. The second-order valence-corrected chi connectivity index (χ2v) is 11.2. The molecule has 43 heavy (non-hydrogen) atoms. The number of amides is 1. The predicted octanol–water partition coefficient (Wildman–Crippen LogP) is 3.90. The highest BCUT2D eigenvalue weighted by molar-refractivity contribution is 7.46. The molecule has 13 nitrogen and oxygen atoms in total. The number of phosphoric ester groups is 1. The fourth-order valence-electron chi connectivity index (χ4n) is 4.85. The number of anilines is 3. The number of halogens is 2. The molecule has 4 aromatic rings. The second-order valence-electron chi connectivity index (χ2n) is 9.95. The molecule has 5 N–H and O–H groups in total. The molecule has 1 atom stereocenters. The number of H-pyrrole nitrogens is 1. The Morgan fingerprint density at radius 1 is 1.19 bits per heavy atom. The minimum atomic E-state index is -4.48. The fourth-order valence-corrected chi connectivity index (χ4v) is 5.22. The van der Waals surface area contributed by atoms with E-state index in [1.165, 1.54) is 18.5 Å². The maximum absolute atomic E-state index is 13.8. The molecule has 3 heterocycles. The molecule has 2 aromatic carbocycles. The van der Waals surface area contributed by atoms with Crippen molar-refractivity contribution in [1.82, 2.24) is 25.1 Å². The van der Waals surface area contributed by atoms with Gasteiger partial charge in [-0.05, 0) is 50.1 Å². The van der Waals surface area contributed by atoms with E-state index in [1.807, 2.05) is 6.07 Å². The van der Waals surface area contributed by atoms with Gasteiger partial charge in [0.2, 0.25) is 5.91 Å². The maximum atomic E-state index is 13.8. The summed E-state index contributed by atoms with van der Waals surface area (Å²) in [6.07, 6.45) is 3.75. The van der Waals surface area contributed by atoms with Gasteiger partial charge < -0.3 is 25.2 Å². The molecule has 228 valence electrons. The largest absolute Gasteiger partial charge is 0.493 e. The number of nitrogens with one attached hydrogen (secondary N) is 3. The number of ether oxygens (including phenoxy) is 1. The van der Waals surface area contributed by atoms with E-state index in [9.17, 15) is 18.1 Å². The minimum absolute atomic E-state index is 0.00139. The van der Waals surface area contributed by atoms with Gasteiger partial charge in [0.15, 0.2) is 17.5 Å². The van der Waals surface area contributed by atoms with Crippen LogP contribution in [0.4, 0.5) is 26.1 Å². The van der Waals surface area contributed by atoms with Gasteiger partial charge in [-0.25, -0.2) is 23.3 Å². The third-order valence-corrected chi connectivity index (χ3v) is 7.34. The van der Waals surface area contributed by atoms with E-state index in [-0.39, 0.29) is 24.8 Å². The Bertz CT molecular complexity index is 1630. The molecule has 0 bridgehead atoms. The normalized spacial score (nSPS) is 15.6. The van der Waals surface area contributed by atoms with E-state index >= 15 is 0 Å². The van der Waals surface area contributed by atoms with Crippen molar-refractivity contribution in [1.29, 1.82) is 0 Å². The Balaban J connectivity index is 1.13. The third-order valence-electron chi connectivity index (χ3n) is 6.85. The summed E-state index contributed by atoms with van der Waals surface area (Å²) in [6, 6.07) is 10.5. The monoisotopic (exact) mass is 617 g/mol. The highest BCUT2D eigenvalue weighted by Gasteiger charge is 2.27. The average Bonchev–Trinajstić information content (AvgIpc) is 3.61. The number of rotatable bonds is 13. The van der Waals surface area contributed by atoms with Crippen molar-refractivity contribution in [3.63, 3.8) is 0 Å². The summed E-state index contributed by atoms with van der Waals surface area (Å²) in [4.78, 5) is 41.0. The number of hydrogen-bond acceptors (Lipinski definition) is 9. The Hall–Kier alpha value is -4.01. The maximum Gasteiger partial charge on any atom is 0.469 e. The first kappa shape index (κ1) is 30.4. The standard InChI is InChI=1S/C27H30F2N7O6P/c28-21-5-1-6-22(26(21)29)32-25(37)13-17-12-24(35-34-17)33-27-20-8-7-19(14-23(20)30-16-31-27)41-11-3-10-36-9-2-4-18(36)15-42-43(38,39)40/h1,5-8,12,14,16,18H,2-4,9-11,13,15H2,(H,32,37)(H2,38,39,40)(H2,30,31,33,34,35)/t18-/m1/s1. The van der Waals surface area contributed by atoms with Gasteiger partial charge in [0, 0.05) is 35.8 Å². The minimum Gasteiger partial charge on any atom is -0.493 e. The highest BCUT2D eigenvalue weighted by Crippen LogP contribution is 2.37. The molecule has 0 saturated carbocycles. The van der Waals surface area contributed by atoms with Gasteiger partial charge in [-0.15, -0.1) is 0 Å². The Kier molecular flexibility index (Phi) is 9.58. The number of likely N-dealkylation sites (tertiary alicyclic amines) is 1. The molecule has 2 aromatic heterocycles. The second kappa shape index (κ2) is 13.5. The number of aromatic amines is 1. The van der Waals surface area contributed by atoms with Gasteiger partial charge in [0.25, 0.3) is 0 Å². The lowest BCUT2D eigenvalue weighted by molar-refractivity contribution is -0.115. The number of benzene rings is 2. The smallest absolute Gasteiger partial charge is 0.469 e. The number of carbonyl (C=O) groups is 1. The summed E-state index contributed by atoms with van der Waals surface area (Å²) in [5.41, 5.74) is 0.835. The molecule has 1 aliphatic rings. The van der Waals surface area contributed by atoms with Crippen LogP contribution in [-0.4, -0.2) is 73.1 Å². The molecular formula is C27H30F2N7O6P. The van der Waals surface area contributed by atoms with Gasteiger partial charge in [0.1, 0.15) is 17.9 Å². The van der Waals surface area contributed by atoms with Crippen molar-refractivity contribution >= 4 is 42.0 Å². The number of nitrogens with zero attached hydrogens (tertiary/aromatic N) is 4. The molecule has 1 fully saturated rings. The number of hydrogen-bond donors (Lipinski definition) is 5. The Labute approximate surface area is 244 Å².